The van der Waals surface area contributed by atoms with Crippen LogP contribution in [-0.4, -0.2) is 111 Å². The number of carbonyl (C=O) groups excluding carboxylic acids is 3. The van der Waals surface area contributed by atoms with Crippen molar-refractivity contribution in [1.82, 2.24) is 10.6 Å². The third-order valence-corrected chi connectivity index (χ3v) is 7.59. The van der Waals surface area contributed by atoms with E-state index in [4.69, 9.17) is 29.2 Å². The van der Waals surface area contributed by atoms with Gasteiger partial charge in [-0.2, -0.15) is 0 Å². The Balaban J connectivity index is 2.39. The molecule has 43 heavy (non-hydrogen) atoms. The molecule has 0 saturated carbocycles. The monoisotopic (exact) mass is 629 g/mol. The van der Waals surface area contributed by atoms with Crippen molar-refractivity contribution in [2.45, 2.75) is 37.7 Å². The molecule has 0 spiro atoms. The first-order valence-electron chi connectivity index (χ1n) is 13.9. The number of carbonyl (C=O) groups is 3. The summed E-state index contributed by atoms with van der Waals surface area (Å²) >= 11 is 0. The molecular weight excluding hydrogens is 586 g/mol. The van der Waals surface area contributed by atoms with Crippen molar-refractivity contribution in [3.63, 3.8) is 0 Å². The quantitative estimate of drug-likeness (QED) is 0.0529. The van der Waals surface area contributed by atoms with Crippen LogP contribution in [0.3, 0.4) is 0 Å². The first-order chi connectivity index (χ1) is 20.6. The van der Waals surface area contributed by atoms with Gasteiger partial charge in [-0.1, -0.05) is 37.2 Å². The number of alkyl carbamates (subject to hydrolysis) is 1. The fourth-order valence-electron chi connectivity index (χ4n) is 3.35. The maximum Gasteiger partial charge on any atom is 0.407 e. The molecule has 1 aromatic carbocycles. The SMILES string of the molecule is CC(C)(CNC(=O)CCOCCOCCOCCOCCN=[N+]=[N-])C(CS(=O)(=O)c1ccccc1)OC(=O)NCCC=O. The van der Waals surface area contributed by atoms with Gasteiger partial charge in [-0.15, -0.1) is 0 Å². The van der Waals surface area contributed by atoms with E-state index in [0.717, 1.165) is 0 Å². The Morgan fingerprint density at radius 1 is 0.953 bits per heavy atom. The van der Waals surface area contributed by atoms with Crippen LogP contribution in [0.15, 0.2) is 40.3 Å². The molecule has 0 fully saturated rings. The molecule has 2 N–H and O–H groups in total. The number of rotatable bonds is 25. The molecule has 15 nitrogen and oxygen atoms in total. The molecule has 0 aliphatic heterocycles. The number of aldehydes is 1. The van der Waals surface area contributed by atoms with E-state index in [0.29, 0.717) is 45.9 Å². The summed E-state index contributed by atoms with van der Waals surface area (Å²) in [5.41, 5.74) is 7.19. The molecule has 0 aliphatic rings. The van der Waals surface area contributed by atoms with Crippen molar-refractivity contribution in [3.8, 4) is 0 Å². The summed E-state index contributed by atoms with van der Waals surface area (Å²) in [5, 5.41) is 8.53. The predicted molar refractivity (Wildman–Crippen MR) is 156 cm³/mol. The average Bonchev–Trinajstić information content (AvgIpc) is 2.98. The lowest BCUT2D eigenvalue weighted by molar-refractivity contribution is -0.123. The number of amides is 2. The summed E-state index contributed by atoms with van der Waals surface area (Å²) in [4.78, 5) is 38.0. The fraction of sp³-hybridized carbons (Fsp3) is 0.667. The van der Waals surface area contributed by atoms with Crippen molar-refractivity contribution in [1.29, 1.82) is 0 Å². The lowest BCUT2D eigenvalue weighted by Crippen LogP contribution is -2.48. The Morgan fingerprint density at radius 3 is 2.12 bits per heavy atom. The third-order valence-electron chi connectivity index (χ3n) is 5.86. The Bertz CT molecular complexity index is 1100. The molecule has 242 valence electrons. The van der Waals surface area contributed by atoms with E-state index in [1.807, 2.05) is 0 Å². The number of hydrogen-bond acceptors (Lipinski definition) is 11. The van der Waals surface area contributed by atoms with Crippen LogP contribution in [0.1, 0.15) is 26.7 Å². The van der Waals surface area contributed by atoms with Gasteiger partial charge in [0.2, 0.25) is 5.91 Å². The number of nitrogens with zero attached hydrogens (tertiary/aromatic N) is 3. The van der Waals surface area contributed by atoms with Gasteiger partial charge in [0.1, 0.15) is 12.4 Å². The van der Waals surface area contributed by atoms with Crippen molar-refractivity contribution >= 4 is 28.1 Å². The Morgan fingerprint density at radius 2 is 1.53 bits per heavy atom. The van der Waals surface area contributed by atoms with E-state index < -0.39 is 33.2 Å². The van der Waals surface area contributed by atoms with E-state index >= 15 is 0 Å². The van der Waals surface area contributed by atoms with Crippen LogP contribution in [0.25, 0.3) is 10.4 Å². The fourth-order valence-corrected chi connectivity index (χ4v) is 5.03. The predicted octanol–water partition coefficient (Wildman–Crippen LogP) is 2.05. The molecule has 1 atom stereocenters. The number of sulfone groups is 1. The van der Waals surface area contributed by atoms with Crippen LogP contribution in [-0.2, 0) is 43.1 Å². The number of benzene rings is 1. The topological polar surface area (TPSA) is 204 Å². The maximum absolute atomic E-state index is 13.0. The summed E-state index contributed by atoms with van der Waals surface area (Å²) in [6.45, 7) is 6.38. The lowest BCUT2D eigenvalue weighted by atomic mass is 9.87. The van der Waals surface area contributed by atoms with Crippen molar-refractivity contribution in [2.24, 2.45) is 10.5 Å². The number of azide groups is 1. The van der Waals surface area contributed by atoms with E-state index in [2.05, 4.69) is 20.7 Å². The highest BCUT2D eigenvalue weighted by Crippen LogP contribution is 2.26. The van der Waals surface area contributed by atoms with Crippen molar-refractivity contribution in [2.75, 3.05) is 78.2 Å². The lowest BCUT2D eigenvalue weighted by Gasteiger charge is -2.33. The van der Waals surface area contributed by atoms with Gasteiger partial charge in [-0.25, -0.2) is 13.2 Å². The van der Waals surface area contributed by atoms with Gasteiger partial charge in [0.15, 0.2) is 9.84 Å². The first-order valence-corrected chi connectivity index (χ1v) is 15.5. The zero-order valence-electron chi connectivity index (χ0n) is 24.8. The number of hydrogen-bond donors (Lipinski definition) is 2. The molecule has 0 bridgehead atoms. The van der Waals surface area contributed by atoms with Crippen LogP contribution in [0.5, 0.6) is 0 Å². The summed E-state index contributed by atoms with van der Waals surface area (Å²) in [7, 11) is -3.82. The molecular formula is C27H43N5O10S. The number of ether oxygens (including phenoxy) is 5. The molecule has 1 rings (SSSR count). The highest BCUT2D eigenvalue weighted by atomic mass is 32.2. The van der Waals surface area contributed by atoms with Crippen LogP contribution >= 0.6 is 0 Å². The van der Waals surface area contributed by atoms with E-state index in [1.54, 1.807) is 32.0 Å². The standard InChI is InChI=1S/C27H43N5O10S/c1-27(2,24(42-26(35)29-10-6-12-33)21-43(36,37)23-7-4-3-5-8-23)22-30-25(34)9-13-38-15-17-40-19-20-41-18-16-39-14-11-31-32-28/h3-5,7-8,12,24H,6,9-11,13-22H2,1-2H3,(H,29,35)(H,30,34). The minimum Gasteiger partial charge on any atom is -0.445 e. The van der Waals surface area contributed by atoms with Gasteiger partial charge in [0.25, 0.3) is 0 Å². The second-order valence-electron chi connectivity index (χ2n) is 9.79. The second kappa shape index (κ2) is 22.3. The molecule has 0 aromatic heterocycles. The van der Waals surface area contributed by atoms with E-state index in [-0.39, 0.29) is 56.5 Å². The van der Waals surface area contributed by atoms with Crippen LogP contribution in [0.2, 0.25) is 0 Å². The summed E-state index contributed by atoms with van der Waals surface area (Å²) < 4.78 is 52.9. The van der Waals surface area contributed by atoms with Gasteiger partial charge in [-0.05, 0) is 17.7 Å². The average molecular weight is 630 g/mol. The molecule has 0 heterocycles. The van der Waals surface area contributed by atoms with E-state index in [9.17, 15) is 22.8 Å². The van der Waals surface area contributed by atoms with Crippen molar-refractivity contribution < 1.29 is 46.5 Å². The van der Waals surface area contributed by atoms with Gasteiger partial charge in [0.05, 0.1) is 63.5 Å². The zero-order chi connectivity index (χ0) is 31.8. The highest BCUT2D eigenvalue weighted by Gasteiger charge is 2.37. The summed E-state index contributed by atoms with van der Waals surface area (Å²) in [6.07, 6.45) is -1.17. The molecule has 0 radical (unpaired) electrons. The second-order valence-corrected chi connectivity index (χ2v) is 11.8. The zero-order valence-corrected chi connectivity index (χ0v) is 25.6. The molecule has 16 heteroatoms. The molecule has 1 unspecified atom stereocenters. The van der Waals surface area contributed by atoms with Crippen LogP contribution < -0.4 is 10.6 Å². The first kappa shape index (κ1) is 37.8. The molecule has 0 aliphatic carbocycles. The summed E-state index contributed by atoms with van der Waals surface area (Å²) in [6, 6.07) is 7.80. The number of nitrogens with one attached hydrogen (secondary N) is 2. The van der Waals surface area contributed by atoms with Crippen LogP contribution in [0.4, 0.5) is 4.79 Å². The Kier molecular flexibility index (Phi) is 19.6. The van der Waals surface area contributed by atoms with Gasteiger partial charge < -0.3 is 39.1 Å². The Labute approximate surface area is 252 Å². The normalized spacial score (nSPS) is 12.1. The smallest absolute Gasteiger partial charge is 0.407 e. The third kappa shape index (κ3) is 18.1. The van der Waals surface area contributed by atoms with Gasteiger partial charge >= 0.3 is 6.09 Å². The minimum absolute atomic E-state index is 0.0321. The Hall–Kier alpha value is -3.27. The maximum atomic E-state index is 13.0. The van der Waals surface area contributed by atoms with Crippen LogP contribution in [0, 0.1) is 5.41 Å². The van der Waals surface area contributed by atoms with Crippen molar-refractivity contribution in [3.05, 3.63) is 40.8 Å². The molecule has 1 aromatic rings. The van der Waals surface area contributed by atoms with Gasteiger partial charge in [-0.3, -0.25) is 4.79 Å². The highest BCUT2D eigenvalue weighted by molar-refractivity contribution is 7.91. The molecule has 2 amide bonds. The minimum atomic E-state index is -3.82. The summed E-state index contributed by atoms with van der Waals surface area (Å²) in [5.74, 6) is -0.814. The van der Waals surface area contributed by atoms with Gasteiger partial charge in [0, 0.05) is 42.8 Å². The largest absolute Gasteiger partial charge is 0.445 e. The van der Waals surface area contributed by atoms with E-state index in [1.165, 1.54) is 12.1 Å². The molecule has 0 saturated heterocycles.